The van der Waals surface area contributed by atoms with Crippen LogP contribution in [-0.2, 0) is 12.8 Å². The van der Waals surface area contributed by atoms with Gasteiger partial charge in [-0.3, -0.25) is 0 Å². The number of aliphatic hydroxyl groups excluding tert-OH is 1. The Balaban J connectivity index is 1.97. The van der Waals surface area contributed by atoms with Crippen molar-refractivity contribution in [2.45, 2.75) is 39.2 Å². The SMILES string of the molecule is CCOc1ccc(C)cc1C(O)c1ccc2c(c1)CCC2. The predicted molar refractivity (Wildman–Crippen MR) is 84.9 cm³/mol. The molecule has 1 aliphatic carbocycles. The maximum Gasteiger partial charge on any atom is 0.125 e. The lowest BCUT2D eigenvalue weighted by atomic mass is 9.96. The first-order chi connectivity index (χ1) is 10.2. The molecule has 0 saturated carbocycles. The largest absolute Gasteiger partial charge is 0.493 e. The van der Waals surface area contributed by atoms with Crippen LogP contribution in [0.2, 0.25) is 0 Å². The third kappa shape index (κ3) is 2.81. The smallest absolute Gasteiger partial charge is 0.125 e. The summed E-state index contributed by atoms with van der Waals surface area (Å²) in [7, 11) is 0. The van der Waals surface area contributed by atoms with E-state index in [4.69, 9.17) is 4.74 Å². The Bertz CT molecular complexity index is 646. The molecule has 0 amide bonds. The van der Waals surface area contributed by atoms with Gasteiger partial charge in [-0.1, -0.05) is 29.8 Å². The van der Waals surface area contributed by atoms with Crippen LogP contribution in [0.1, 0.15) is 47.3 Å². The minimum Gasteiger partial charge on any atom is -0.493 e. The van der Waals surface area contributed by atoms with Gasteiger partial charge in [0.1, 0.15) is 11.9 Å². The maximum absolute atomic E-state index is 10.8. The molecular weight excluding hydrogens is 260 g/mol. The van der Waals surface area contributed by atoms with Crippen molar-refractivity contribution in [1.82, 2.24) is 0 Å². The van der Waals surface area contributed by atoms with Crippen LogP contribution in [0.3, 0.4) is 0 Å². The molecule has 0 bridgehead atoms. The van der Waals surface area contributed by atoms with Crippen molar-refractivity contribution in [3.05, 3.63) is 64.2 Å². The molecule has 21 heavy (non-hydrogen) atoms. The first-order valence-corrected chi connectivity index (χ1v) is 7.72. The summed E-state index contributed by atoms with van der Waals surface area (Å²) in [6.07, 6.45) is 2.89. The zero-order chi connectivity index (χ0) is 14.8. The normalized spacial score (nSPS) is 14.8. The number of aliphatic hydroxyl groups is 1. The monoisotopic (exact) mass is 282 g/mol. The van der Waals surface area contributed by atoms with Crippen molar-refractivity contribution in [3.63, 3.8) is 0 Å². The van der Waals surface area contributed by atoms with Crippen LogP contribution in [-0.4, -0.2) is 11.7 Å². The molecule has 0 heterocycles. The number of fused-ring (bicyclic) bond motifs is 1. The second-order valence-electron chi connectivity index (χ2n) is 5.76. The number of rotatable bonds is 4. The fourth-order valence-electron chi connectivity index (χ4n) is 3.11. The van der Waals surface area contributed by atoms with Gasteiger partial charge in [-0.25, -0.2) is 0 Å². The molecule has 0 fully saturated rings. The van der Waals surface area contributed by atoms with Crippen molar-refractivity contribution in [2.75, 3.05) is 6.61 Å². The molecule has 0 spiro atoms. The highest BCUT2D eigenvalue weighted by molar-refractivity contribution is 5.45. The van der Waals surface area contributed by atoms with Crippen molar-refractivity contribution < 1.29 is 9.84 Å². The van der Waals surface area contributed by atoms with Crippen molar-refractivity contribution in [1.29, 1.82) is 0 Å². The summed E-state index contributed by atoms with van der Waals surface area (Å²) in [5, 5.41) is 10.8. The Hall–Kier alpha value is -1.80. The summed E-state index contributed by atoms with van der Waals surface area (Å²) >= 11 is 0. The number of benzene rings is 2. The van der Waals surface area contributed by atoms with Crippen LogP contribution >= 0.6 is 0 Å². The van der Waals surface area contributed by atoms with E-state index in [-0.39, 0.29) is 0 Å². The van der Waals surface area contributed by atoms with Crippen LogP contribution < -0.4 is 4.74 Å². The molecule has 1 unspecified atom stereocenters. The number of hydrogen-bond acceptors (Lipinski definition) is 2. The van der Waals surface area contributed by atoms with Gasteiger partial charge in [0.15, 0.2) is 0 Å². The lowest BCUT2D eigenvalue weighted by Gasteiger charge is -2.17. The van der Waals surface area contributed by atoms with E-state index in [2.05, 4.69) is 12.1 Å². The Kier molecular flexibility index (Phi) is 3.98. The fourth-order valence-corrected chi connectivity index (χ4v) is 3.11. The van der Waals surface area contributed by atoms with Gasteiger partial charge >= 0.3 is 0 Å². The summed E-state index contributed by atoms with van der Waals surface area (Å²) < 4.78 is 5.67. The lowest BCUT2D eigenvalue weighted by molar-refractivity contribution is 0.212. The van der Waals surface area contributed by atoms with E-state index in [1.165, 1.54) is 24.0 Å². The molecule has 110 valence electrons. The standard InChI is InChI=1S/C19H22O2/c1-3-21-18-10-7-13(2)11-17(18)19(20)16-9-8-14-5-4-6-15(14)12-16/h7-12,19-20H,3-6H2,1-2H3. The van der Waals surface area contributed by atoms with Crippen LogP contribution in [0.5, 0.6) is 5.75 Å². The number of hydrogen-bond donors (Lipinski definition) is 1. The van der Waals surface area contributed by atoms with Crippen molar-refractivity contribution >= 4 is 0 Å². The van der Waals surface area contributed by atoms with Crippen LogP contribution in [0.25, 0.3) is 0 Å². The van der Waals surface area contributed by atoms with Gasteiger partial charge in [-0.2, -0.15) is 0 Å². The Morgan fingerprint density at radius 2 is 1.90 bits per heavy atom. The molecule has 1 aliphatic rings. The minimum absolute atomic E-state index is 0.604. The molecule has 2 aromatic rings. The first-order valence-electron chi connectivity index (χ1n) is 7.72. The van der Waals surface area contributed by atoms with Crippen LogP contribution in [0.4, 0.5) is 0 Å². The summed E-state index contributed by atoms with van der Waals surface area (Å²) in [6, 6.07) is 12.4. The van der Waals surface area contributed by atoms with Gasteiger partial charge in [-0.15, -0.1) is 0 Å². The van der Waals surface area contributed by atoms with E-state index in [1.54, 1.807) is 0 Å². The average Bonchev–Trinajstić information content (AvgIpc) is 2.96. The molecular formula is C19H22O2. The fraction of sp³-hybridized carbons (Fsp3) is 0.368. The highest BCUT2D eigenvalue weighted by Gasteiger charge is 2.18. The molecule has 2 heteroatoms. The second kappa shape index (κ2) is 5.90. The zero-order valence-electron chi connectivity index (χ0n) is 12.7. The molecule has 2 aromatic carbocycles. The molecule has 0 radical (unpaired) electrons. The number of aryl methyl sites for hydroxylation is 3. The summed E-state index contributed by atoms with van der Waals surface area (Å²) in [4.78, 5) is 0. The van der Waals surface area contributed by atoms with Gasteiger partial charge in [0.2, 0.25) is 0 Å². The molecule has 0 aromatic heterocycles. The van der Waals surface area contributed by atoms with E-state index in [1.807, 2.05) is 38.1 Å². The highest BCUT2D eigenvalue weighted by Crippen LogP contribution is 2.33. The van der Waals surface area contributed by atoms with Gasteiger partial charge in [0.05, 0.1) is 6.61 Å². The molecule has 0 saturated heterocycles. The minimum atomic E-state index is -0.627. The van der Waals surface area contributed by atoms with Gasteiger partial charge in [-0.05, 0) is 61.9 Å². The summed E-state index contributed by atoms with van der Waals surface area (Å²) in [5.41, 5.74) is 5.77. The van der Waals surface area contributed by atoms with E-state index >= 15 is 0 Å². The Morgan fingerprint density at radius 1 is 1.10 bits per heavy atom. The second-order valence-corrected chi connectivity index (χ2v) is 5.76. The maximum atomic E-state index is 10.8. The number of ether oxygens (including phenoxy) is 1. The Labute approximate surface area is 126 Å². The first kappa shape index (κ1) is 14.2. The third-order valence-electron chi connectivity index (χ3n) is 4.20. The molecule has 2 nitrogen and oxygen atoms in total. The topological polar surface area (TPSA) is 29.5 Å². The van der Waals surface area contributed by atoms with Gasteiger partial charge in [0, 0.05) is 5.56 Å². The van der Waals surface area contributed by atoms with Crippen LogP contribution in [0, 0.1) is 6.92 Å². The molecule has 1 N–H and O–H groups in total. The van der Waals surface area contributed by atoms with Gasteiger partial charge in [0.25, 0.3) is 0 Å². The van der Waals surface area contributed by atoms with Crippen molar-refractivity contribution in [3.8, 4) is 5.75 Å². The Morgan fingerprint density at radius 3 is 2.71 bits per heavy atom. The van der Waals surface area contributed by atoms with E-state index in [0.717, 1.165) is 28.9 Å². The molecule has 1 atom stereocenters. The highest BCUT2D eigenvalue weighted by atomic mass is 16.5. The zero-order valence-corrected chi connectivity index (χ0v) is 12.7. The summed E-state index contributed by atoms with van der Waals surface area (Å²) in [6.45, 7) is 4.60. The predicted octanol–water partition coefficient (Wildman–Crippen LogP) is 3.96. The lowest BCUT2D eigenvalue weighted by Crippen LogP contribution is -2.05. The molecule has 0 aliphatic heterocycles. The quantitative estimate of drug-likeness (QED) is 0.919. The average molecular weight is 282 g/mol. The van der Waals surface area contributed by atoms with E-state index < -0.39 is 6.10 Å². The van der Waals surface area contributed by atoms with Crippen LogP contribution in [0.15, 0.2) is 36.4 Å². The van der Waals surface area contributed by atoms with Crippen molar-refractivity contribution in [2.24, 2.45) is 0 Å². The molecule has 3 rings (SSSR count). The summed E-state index contributed by atoms with van der Waals surface area (Å²) in [5.74, 6) is 0.774. The van der Waals surface area contributed by atoms with E-state index in [0.29, 0.717) is 6.61 Å². The van der Waals surface area contributed by atoms with E-state index in [9.17, 15) is 5.11 Å². The third-order valence-corrected chi connectivity index (χ3v) is 4.20. The van der Waals surface area contributed by atoms with Gasteiger partial charge < -0.3 is 9.84 Å².